The number of aromatic nitrogens is 6. The smallest absolute Gasteiger partial charge is 0.306 e. The van der Waals surface area contributed by atoms with Crippen molar-refractivity contribution in [3.8, 4) is 22.5 Å². The third-order valence-corrected chi connectivity index (χ3v) is 12.4. The molecule has 0 radical (unpaired) electrons. The van der Waals surface area contributed by atoms with Crippen LogP contribution >= 0.6 is 11.8 Å². The highest BCUT2D eigenvalue weighted by atomic mass is 32.2. The van der Waals surface area contributed by atoms with Gasteiger partial charge in [-0.15, -0.1) is 10.2 Å². The second-order valence-electron chi connectivity index (χ2n) is 15.8. The molecule has 0 saturated carbocycles. The molecule has 3 aliphatic rings. The minimum Gasteiger partial charge on any atom is -0.481 e. The number of carboxylic acid groups (broad SMARTS) is 1. The second-order valence-corrected chi connectivity index (χ2v) is 17.0. The van der Waals surface area contributed by atoms with Crippen molar-refractivity contribution in [3.05, 3.63) is 72.6 Å². The Kier molecular flexibility index (Phi) is 15.7. The van der Waals surface area contributed by atoms with E-state index in [2.05, 4.69) is 25.9 Å². The van der Waals surface area contributed by atoms with Gasteiger partial charge in [-0.2, -0.15) is 0 Å². The highest BCUT2D eigenvalue weighted by Crippen LogP contribution is 2.42. The van der Waals surface area contributed by atoms with E-state index in [-0.39, 0.29) is 37.3 Å². The minimum atomic E-state index is -1.75. The fraction of sp³-hybridized carbons (Fsp3) is 0.476. The molecule has 4 aromatic rings. The van der Waals surface area contributed by atoms with Gasteiger partial charge in [0.2, 0.25) is 17.7 Å². The zero-order valence-corrected chi connectivity index (χ0v) is 36.4. The van der Waals surface area contributed by atoms with Crippen molar-refractivity contribution in [2.75, 3.05) is 26.3 Å². The number of hydrogen-bond acceptors (Lipinski definition) is 19. The maximum absolute atomic E-state index is 14.2. The molecule has 3 fully saturated rings. The number of hydrogen-bond donors (Lipinski definition) is 6. The summed E-state index contributed by atoms with van der Waals surface area (Å²) in [5.41, 5.74) is -2.14. The van der Waals surface area contributed by atoms with Crippen LogP contribution in [0.4, 0.5) is 8.78 Å². The van der Waals surface area contributed by atoms with Gasteiger partial charge in [-0.05, 0) is 24.3 Å². The van der Waals surface area contributed by atoms with Crippen LogP contribution in [0.25, 0.3) is 22.5 Å². The summed E-state index contributed by atoms with van der Waals surface area (Å²) in [5.74, 6) is -6.13. The number of aliphatic hydroxyl groups excluding tert-OH is 4. The van der Waals surface area contributed by atoms with Crippen molar-refractivity contribution in [3.63, 3.8) is 0 Å². The molecule has 1 unspecified atom stereocenters. The quantitative estimate of drug-likeness (QED) is 0.0527. The van der Waals surface area contributed by atoms with E-state index in [0.717, 1.165) is 14.3 Å². The van der Waals surface area contributed by atoms with Crippen LogP contribution in [0.1, 0.15) is 52.0 Å². The molecular formula is C42H46F2N8O15S. The fourth-order valence-corrected chi connectivity index (χ4v) is 8.89. The molecule has 5 heterocycles. The molecule has 0 spiro atoms. The maximum atomic E-state index is 14.2. The SMILES string of the molecule is [3H]C1CC(=O)N(CCNC(=O)CCC(=O)OC[C@H]2O[C@@H](S[C@@H]3O[C@H](COC(=O)CCC(=O)O)[C@H](O)[C@H](n4cc(-c5cccc(F)c5)nn4)[C@H]3O)[C@H](O)[C@@H](n3cc(-c4cccc(F)c4)nn3)[C@H]2O)C1=O. The van der Waals surface area contributed by atoms with E-state index in [4.69, 9.17) is 25.4 Å². The Balaban J connectivity index is 1.09. The Morgan fingerprint density at radius 3 is 1.71 bits per heavy atom. The van der Waals surface area contributed by atoms with Crippen LogP contribution in [-0.2, 0) is 47.7 Å². The monoisotopic (exact) mass is 974 g/mol. The van der Waals surface area contributed by atoms with Crippen molar-refractivity contribution in [1.29, 1.82) is 0 Å². The number of halogens is 2. The number of carbonyl (C=O) groups excluding carboxylic acids is 5. The van der Waals surface area contributed by atoms with Gasteiger partial charge in [-0.1, -0.05) is 46.5 Å². The van der Waals surface area contributed by atoms with Crippen LogP contribution in [0, 0.1) is 11.6 Å². The first-order valence-corrected chi connectivity index (χ1v) is 22.0. The van der Waals surface area contributed by atoms with Crippen molar-refractivity contribution in [2.24, 2.45) is 0 Å². The lowest BCUT2D eigenvalue weighted by molar-refractivity contribution is -0.196. The predicted octanol–water partition coefficient (Wildman–Crippen LogP) is -0.113. The highest BCUT2D eigenvalue weighted by Gasteiger charge is 2.52. The average molecular weight is 975 g/mol. The molecule has 26 heteroatoms. The number of amides is 3. The lowest BCUT2D eigenvalue weighted by Crippen LogP contribution is -2.58. The zero-order chi connectivity index (χ0) is 49.5. The largest absolute Gasteiger partial charge is 0.481 e. The van der Waals surface area contributed by atoms with Gasteiger partial charge in [0.15, 0.2) is 0 Å². The number of nitrogens with zero attached hydrogens (tertiary/aromatic N) is 7. The van der Waals surface area contributed by atoms with Crippen LogP contribution in [0.15, 0.2) is 60.9 Å². The number of carbonyl (C=O) groups is 6. The molecular weight excluding hydrogens is 927 g/mol. The first-order chi connectivity index (χ1) is 33.0. The lowest BCUT2D eigenvalue weighted by Gasteiger charge is -2.46. The topological polar surface area (TPSA) is 317 Å². The maximum Gasteiger partial charge on any atom is 0.306 e. The first kappa shape index (κ1) is 48.2. The number of imide groups is 1. The summed E-state index contributed by atoms with van der Waals surface area (Å²) in [6.07, 6.45) is -10.6. The zero-order valence-electron chi connectivity index (χ0n) is 36.6. The molecule has 3 amide bonds. The van der Waals surface area contributed by atoms with E-state index < -0.39 is 146 Å². The molecule has 2 aromatic carbocycles. The van der Waals surface area contributed by atoms with E-state index >= 15 is 0 Å². The number of thioether (sulfide) groups is 1. The molecule has 0 aliphatic carbocycles. The van der Waals surface area contributed by atoms with Crippen LogP contribution < -0.4 is 5.32 Å². The summed E-state index contributed by atoms with van der Waals surface area (Å²) in [6.45, 7) is -1.62. The number of nitrogens with one attached hydrogen (secondary N) is 1. The van der Waals surface area contributed by atoms with Gasteiger partial charge >= 0.3 is 17.9 Å². The first-order valence-electron chi connectivity index (χ1n) is 21.7. The molecule has 68 heavy (non-hydrogen) atoms. The predicted molar refractivity (Wildman–Crippen MR) is 225 cm³/mol. The molecule has 3 saturated heterocycles. The summed E-state index contributed by atoms with van der Waals surface area (Å²) in [4.78, 5) is 73.7. The molecule has 3 aliphatic heterocycles. The molecule has 7 rings (SSSR count). The third kappa shape index (κ3) is 12.0. The van der Waals surface area contributed by atoms with Crippen LogP contribution in [0.5, 0.6) is 0 Å². The number of aliphatic carboxylic acids is 1. The standard InChI is InChI=1S/C42H46F2N8O15S/c43-23-5-1-3-21(15-23)25-17-51(48-46-25)35-37(60)27(19-64-33(58)11-7-29(53)45-13-14-50-30(54)8-9-31(50)55)66-41(39(35)62)68-42-40(63)36(38(61)28(67-42)20-65-34(59)12-10-32(56)57)52-18-26(47-49-52)22-4-2-6-24(44)16-22/h1-6,15-18,27-28,35-42,60-63H,7-14,19-20H2,(H,45,53)(H,56,57)/t27-,28-,35+,36+,37+,38+,39-,40-,41+,42+/m1/s1/i8T/t8?,27-,28-,35+,36+,37+,38+,39-,40-,41+,42+. The number of benzene rings is 2. The van der Waals surface area contributed by atoms with E-state index in [9.17, 15) is 58.0 Å². The number of aliphatic hydroxyl groups is 4. The molecule has 0 bridgehead atoms. The van der Waals surface area contributed by atoms with Crippen molar-refractivity contribution >= 4 is 47.4 Å². The Morgan fingerprint density at radius 1 is 0.750 bits per heavy atom. The van der Waals surface area contributed by atoms with Gasteiger partial charge < -0.3 is 49.8 Å². The van der Waals surface area contributed by atoms with Gasteiger partial charge in [0.25, 0.3) is 0 Å². The highest BCUT2D eigenvalue weighted by molar-refractivity contribution is 8.00. The summed E-state index contributed by atoms with van der Waals surface area (Å²) in [6, 6.07) is 7.85. The average Bonchev–Trinajstić information content (AvgIpc) is 4.06. The van der Waals surface area contributed by atoms with E-state index in [1.165, 1.54) is 48.8 Å². The van der Waals surface area contributed by atoms with Crippen LogP contribution in [0.2, 0.25) is 0 Å². The van der Waals surface area contributed by atoms with Gasteiger partial charge in [-0.25, -0.2) is 18.1 Å². The van der Waals surface area contributed by atoms with Gasteiger partial charge in [0.05, 0.1) is 31.7 Å². The number of likely N-dealkylation sites (tertiary alicyclic amines) is 1. The van der Waals surface area contributed by atoms with E-state index in [1.54, 1.807) is 12.1 Å². The number of ether oxygens (including phenoxy) is 4. The Hall–Kier alpha value is -6.29. The van der Waals surface area contributed by atoms with E-state index in [1.807, 2.05) is 0 Å². The summed E-state index contributed by atoms with van der Waals surface area (Å²) < 4.78 is 60.9. The van der Waals surface area contributed by atoms with Crippen LogP contribution in [0.3, 0.4) is 0 Å². The third-order valence-electron chi connectivity index (χ3n) is 11.1. The number of esters is 2. The summed E-state index contributed by atoms with van der Waals surface area (Å²) in [5, 5.41) is 74.9. The van der Waals surface area contributed by atoms with Crippen LogP contribution in [-0.4, -0.2) is 170 Å². The van der Waals surface area contributed by atoms with Crippen molar-refractivity contribution < 1.29 is 83.4 Å². The molecule has 23 nitrogen and oxygen atoms in total. The molecule has 2 aromatic heterocycles. The lowest BCUT2D eigenvalue weighted by atomic mass is 9.97. The van der Waals surface area contributed by atoms with E-state index in [0.29, 0.717) is 22.9 Å². The number of carboxylic acids is 1. The Labute approximate surface area is 389 Å². The van der Waals surface area contributed by atoms with Gasteiger partial charge in [0.1, 0.15) is 95.8 Å². The van der Waals surface area contributed by atoms with Gasteiger partial charge in [-0.3, -0.25) is 33.7 Å². The Morgan fingerprint density at radius 2 is 1.25 bits per heavy atom. The molecule has 11 atom stereocenters. The normalized spacial score (nSPS) is 27.4. The fourth-order valence-electron chi connectivity index (χ4n) is 7.56. The van der Waals surface area contributed by atoms with Gasteiger partial charge in [0, 0.05) is 44.8 Å². The molecule has 364 valence electrons. The van der Waals surface area contributed by atoms with Crippen molar-refractivity contribution in [1.82, 2.24) is 40.2 Å². The second kappa shape index (κ2) is 22.2. The minimum absolute atomic E-state index is 0.126. The number of rotatable bonds is 19. The summed E-state index contributed by atoms with van der Waals surface area (Å²) >= 11 is 0.634. The Bertz CT molecular complexity index is 2520. The summed E-state index contributed by atoms with van der Waals surface area (Å²) in [7, 11) is 0. The molecule has 6 N–H and O–H groups in total. The van der Waals surface area contributed by atoms with Crippen molar-refractivity contribution in [2.45, 2.75) is 98.1 Å².